The van der Waals surface area contributed by atoms with Crippen molar-refractivity contribution in [3.05, 3.63) is 124 Å². The number of rotatable bonds is 18. The molecule has 5 N–H and O–H groups in total. The van der Waals surface area contributed by atoms with Crippen molar-refractivity contribution in [2.75, 3.05) is 17.2 Å². The van der Waals surface area contributed by atoms with E-state index in [-0.39, 0.29) is 29.1 Å². The van der Waals surface area contributed by atoms with Crippen LogP contribution in [0, 0.1) is 17.0 Å². The second kappa shape index (κ2) is 18.8. The predicted octanol–water partition coefficient (Wildman–Crippen LogP) is 6.72. The first-order valence-corrected chi connectivity index (χ1v) is 17.9. The number of unbranched alkanes of at least 4 members (excludes halogenated alkanes) is 4. The molecule has 0 bridgehead atoms. The number of nitro groups is 1. The molecule has 0 aliphatic carbocycles. The Labute approximate surface area is 301 Å². The van der Waals surface area contributed by atoms with E-state index in [2.05, 4.69) is 10.6 Å². The average molecular weight is 730 g/mol. The minimum absolute atomic E-state index is 0.0548. The summed E-state index contributed by atoms with van der Waals surface area (Å²) in [5.74, 6) is -1.67. The van der Waals surface area contributed by atoms with Gasteiger partial charge in [-0.2, -0.15) is 0 Å². The largest absolute Gasteiger partial charge is 0.456 e. The van der Waals surface area contributed by atoms with Crippen molar-refractivity contribution < 1.29 is 37.7 Å². The maximum Gasteiger partial charge on any atom is 0.293 e. The molecule has 0 aromatic heterocycles. The molecule has 0 saturated carbocycles. The van der Waals surface area contributed by atoms with Gasteiger partial charge in [-0.15, -0.1) is 0 Å². The average Bonchev–Trinajstić information content (AvgIpc) is 3.12. The monoisotopic (exact) mass is 729 g/mol. The van der Waals surface area contributed by atoms with Gasteiger partial charge in [-0.05, 0) is 73.4 Å². The molecule has 52 heavy (non-hydrogen) atoms. The fraction of sp³-hybridized carbons (Fsp3) is 0.216. The van der Waals surface area contributed by atoms with Gasteiger partial charge in [-0.3, -0.25) is 29.7 Å². The Balaban J connectivity index is 1.46. The smallest absolute Gasteiger partial charge is 0.293 e. The van der Waals surface area contributed by atoms with Crippen molar-refractivity contribution in [1.29, 1.82) is 0 Å². The van der Waals surface area contributed by atoms with Gasteiger partial charge in [-0.25, -0.2) is 18.6 Å². The lowest BCUT2D eigenvalue weighted by atomic mass is 10.1. The summed E-state index contributed by atoms with van der Waals surface area (Å²) in [5.41, 5.74) is 3.15. The zero-order chi connectivity index (χ0) is 37.5. The van der Waals surface area contributed by atoms with Gasteiger partial charge in [0.1, 0.15) is 17.2 Å². The van der Waals surface area contributed by atoms with Gasteiger partial charge < -0.3 is 15.4 Å². The SMILES string of the molecule is Cc1ccccc1C=CC(=O)Nc1ccc(C(=O)NS(=O)(=O)c2ccc(NCCCCCCCC(=O)NO)c([N+](=O)[O-])c2)c(Oc2ccccc2)c1. The molecule has 0 unspecified atom stereocenters. The van der Waals surface area contributed by atoms with Gasteiger partial charge >= 0.3 is 0 Å². The third-order valence-corrected chi connectivity index (χ3v) is 9.12. The molecule has 0 atom stereocenters. The molecule has 0 aliphatic rings. The zero-order valence-corrected chi connectivity index (χ0v) is 29.1. The Hall–Kier alpha value is -6.06. The first-order chi connectivity index (χ1) is 25.0. The summed E-state index contributed by atoms with van der Waals surface area (Å²) in [6.07, 6.45) is 6.92. The Bertz CT molecular complexity index is 2040. The number of sulfonamides is 1. The number of nitrogens with zero attached hydrogens (tertiary/aromatic N) is 1. The number of carbonyl (C=O) groups excluding carboxylic acids is 3. The van der Waals surface area contributed by atoms with Crippen molar-refractivity contribution >= 4 is 50.9 Å². The predicted molar refractivity (Wildman–Crippen MR) is 196 cm³/mol. The highest BCUT2D eigenvalue weighted by Gasteiger charge is 2.25. The lowest BCUT2D eigenvalue weighted by Gasteiger charge is -2.14. The Morgan fingerprint density at radius 1 is 0.885 bits per heavy atom. The van der Waals surface area contributed by atoms with Crippen LogP contribution in [0.5, 0.6) is 11.5 Å². The van der Waals surface area contributed by atoms with Crippen molar-refractivity contribution in [2.45, 2.75) is 50.3 Å². The van der Waals surface area contributed by atoms with Crippen molar-refractivity contribution in [1.82, 2.24) is 10.2 Å². The normalized spacial score (nSPS) is 11.1. The summed E-state index contributed by atoms with van der Waals surface area (Å²) in [4.78, 5) is 47.9. The number of amides is 3. The summed E-state index contributed by atoms with van der Waals surface area (Å²) in [6, 6.07) is 23.4. The van der Waals surface area contributed by atoms with E-state index in [9.17, 15) is 32.9 Å². The summed E-state index contributed by atoms with van der Waals surface area (Å²) in [7, 11) is -4.59. The molecule has 4 rings (SSSR count). The highest BCUT2D eigenvalue weighted by molar-refractivity contribution is 7.90. The minimum atomic E-state index is -4.59. The van der Waals surface area contributed by atoms with E-state index >= 15 is 0 Å². The van der Waals surface area contributed by atoms with Gasteiger partial charge in [0.25, 0.3) is 21.6 Å². The van der Waals surface area contributed by atoms with Crippen LogP contribution in [0.3, 0.4) is 0 Å². The molecule has 4 aromatic carbocycles. The van der Waals surface area contributed by atoms with Gasteiger partial charge in [0.05, 0.1) is 15.4 Å². The second-order valence-corrected chi connectivity index (χ2v) is 13.3. The van der Waals surface area contributed by atoms with Crippen LogP contribution in [0.4, 0.5) is 17.1 Å². The number of nitrogens with one attached hydrogen (secondary N) is 4. The zero-order valence-electron chi connectivity index (χ0n) is 28.3. The number of para-hydroxylation sites is 1. The van der Waals surface area contributed by atoms with Gasteiger partial charge in [-0.1, -0.05) is 61.7 Å². The molecular weight excluding hydrogens is 691 g/mol. The first-order valence-electron chi connectivity index (χ1n) is 16.4. The summed E-state index contributed by atoms with van der Waals surface area (Å²) >= 11 is 0. The van der Waals surface area contributed by atoms with E-state index in [1.54, 1.807) is 41.9 Å². The third kappa shape index (κ3) is 11.5. The van der Waals surface area contributed by atoms with E-state index in [0.29, 0.717) is 25.1 Å². The Morgan fingerprint density at radius 2 is 1.60 bits per heavy atom. The summed E-state index contributed by atoms with van der Waals surface area (Å²) in [6.45, 7) is 2.30. The molecule has 15 heteroatoms. The van der Waals surface area contributed by atoms with E-state index in [1.165, 1.54) is 30.3 Å². The molecular formula is C37H39N5O9S. The summed E-state index contributed by atoms with van der Waals surface area (Å²) in [5, 5.41) is 26.1. The van der Waals surface area contributed by atoms with Crippen LogP contribution in [0.25, 0.3) is 6.08 Å². The van der Waals surface area contributed by atoms with Crippen molar-refractivity contribution in [3.63, 3.8) is 0 Å². The first kappa shape index (κ1) is 38.7. The van der Waals surface area contributed by atoms with Crippen molar-refractivity contribution in [2.24, 2.45) is 0 Å². The van der Waals surface area contributed by atoms with Crippen LogP contribution in [-0.2, 0) is 19.6 Å². The molecule has 272 valence electrons. The topological polar surface area (TPSA) is 206 Å². The fourth-order valence-corrected chi connectivity index (χ4v) is 6.03. The molecule has 14 nitrogen and oxygen atoms in total. The number of ether oxygens (including phenoxy) is 1. The van der Waals surface area contributed by atoms with E-state index in [1.807, 2.05) is 35.9 Å². The van der Waals surface area contributed by atoms with E-state index < -0.39 is 43.3 Å². The standard InChI is InChI=1S/C37H39N5O9S/c1-26-12-9-10-13-27(26)17-22-35(43)39-28-18-20-31(34(24-28)51-29-14-6-5-7-15-29)37(45)41-52(49,50)30-19-21-32(33(25-30)42(47)48)38-23-11-4-2-3-8-16-36(44)40-46/h5-7,9-10,12-15,17-22,24-25,38,46H,2-4,8,11,16,23H2,1H3,(H,39,43)(H,40,44)(H,41,45). The Kier molecular flexibility index (Phi) is 14.0. The minimum Gasteiger partial charge on any atom is -0.456 e. The van der Waals surface area contributed by atoms with E-state index in [0.717, 1.165) is 42.5 Å². The number of hydroxylamine groups is 1. The van der Waals surface area contributed by atoms with Gasteiger partial charge in [0.15, 0.2) is 0 Å². The molecule has 0 aliphatic heterocycles. The van der Waals surface area contributed by atoms with Gasteiger partial charge in [0.2, 0.25) is 11.8 Å². The number of carbonyl (C=O) groups is 3. The third-order valence-electron chi connectivity index (χ3n) is 7.79. The number of nitro benzene ring substituents is 1. The molecule has 4 aromatic rings. The Morgan fingerprint density at radius 3 is 2.33 bits per heavy atom. The van der Waals surface area contributed by atoms with E-state index in [4.69, 9.17) is 9.94 Å². The molecule has 0 spiro atoms. The molecule has 3 amide bonds. The van der Waals surface area contributed by atoms with Crippen LogP contribution < -0.4 is 25.6 Å². The maximum atomic E-state index is 13.4. The van der Waals surface area contributed by atoms with Crippen LogP contribution in [-0.4, -0.2) is 42.8 Å². The highest BCUT2D eigenvalue weighted by Crippen LogP contribution is 2.31. The number of hydrogen-bond acceptors (Lipinski definition) is 10. The molecule has 0 radical (unpaired) electrons. The van der Waals surface area contributed by atoms with Crippen LogP contribution in [0.15, 0.2) is 102 Å². The van der Waals surface area contributed by atoms with Crippen LogP contribution in [0.2, 0.25) is 0 Å². The number of anilines is 2. The van der Waals surface area contributed by atoms with Crippen LogP contribution >= 0.6 is 0 Å². The van der Waals surface area contributed by atoms with Crippen molar-refractivity contribution in [3.8, 4) is 11.5 Å². The van der Waals surface area contributed by atoms with Crippen LogP contribution in [0.1, 0.15) is 60.0 Å². The summed E-state index contributed by atoms with van der Waals surface area (Å²) < 4.78 is 34.5. The number of benzene rings is 4. The molecule has 0 fully saturated rings. The number of aryl methyl sites for hydroxylation is 1. The fourth-order valence-electron chi connectivity index (χ4n) is 5.05. The molecule has 0 saturated heterocycles. The number of hydrogen-bond donors (Lipinski definition) is 5. The molecule has 0 heterocycles. The lowest BCUT2D eigenvalue weighted by molar-refractivity contribution is -0.384. The second-order valence-electron chi connectivity index (χ2n) is 11.7. The quantitative estimate of drug-likeness (QED) is 0.0240. The lowest BCUT2D eigenvalue weighted by Crippen LogP contribution is -2.31. The van der Waals surface area contributed by atoms with Gasteiger partial charge in [0, 0.05) is 36.9 Å². The maximum absolute atomic E-state index is 13.4. The highest BCUT2D eigenvalue weighted by atomic mass is 32.2.